The van der Waals surface area contributed by atoms with E-state index in [1.165, 1.54) is 0 Å². The van der Waals surface area contributed by atoms with Gasteiger partial charge in [-0.25, -0.2) is 0 Å². The summed E-state index contributed by atoms with van der Waals surface area (Å²) in [6, 6.07) is 5.73. The van der Waals surface area contributed by atoms with Gasteiger partial charge >= 0.3 is 0 Å². The number of hydrogen-bond acceptors (Lipinski definition) is 4. The number of nitrogens with two attached hydrogens (primary N) is 1. The molecule has 0 amide bonds. The number of rotatable bonds is 5. The molecule has 0 spiro atoms. The lowest BCUT2D eigenvalue weighted by molar-refractivity contribution is 0.342. The second kappa shape index (κ2) is 5.44. The van der Waals surface area contributed by atoms with Crippen molar-refractivity contribution in [2.24, 2.45) is 0 Å². The molecule has 0 aliphatic carbocycles. The zero-order valence-corrected chi connectivity index (χ0v) is 10.7. The first-order valence-electron chi connectivity index (χ1n) is 5.96. The largest absolute Gasteiger partial charge is 0.492 e. The number of aromatic nitrogens is 2. The molecule has 0 unspecified atom stereocenters. The van der Waals surface area contributed by atoms with Crippen molar-refractivity contribution >= 4 is 11.4 Å². The predicted molar refractivity (Wildman–Crippen MR) is 72.7 cm³/mol. The summed E-state index contributed by atoms with van der Waals surface area (Å²) in [6.45, 7) is 5.22. The Balaban J connectivity index is 2.10. The van der Waals surface area contributed by atoms with Crippen molar-refractivity contribution in [3.8, 4) is 5.75 Å². The molecule has 96 valence electrons. The van der Waals surface area contributed by atoms with Crippen molar-refractivity contribution in [2.45, 2.75) is 20.4 Å². The summed E-state index contributed by atoms with van der Waals surface area (Å²) in [7, 11) is 0. The molecular weight excluding hydrogens is 228 g/mol. The molecule has 0 atom stereocenters. The zero-order valence-electron chi connectivity index (χ0n) is 10.7. The highest BCUT2D eigenvalue weighted by molar-refractivity contribution is 5.72. The van der Waals surface area contributed by atoms with Crippen LogP contribution in [0.2, 0.25) is 0 Å². The molecule has 0 saturated carbocycles. The molecule has 2 rings (SSSR count). The van der Waals surface area contributed by atoms with Gasteiger partial charge in [0.05, 0.1) is 24.2 Å². The van der Waals surface area contributed by atoms with Gasteiger partial charge in [0.25, 0.3) is 0 Å². The second-order valence-electron chi connectivity index (χ2n) is 4.02. The number of nitrogen functional groups attached to an aromatic ring is 1. The molecule has 0 fully saturated rings. The van der Waals surface area contributed by atoms with Crippen LogP contribution in [-0.2, 0) is 6.54 Å². The molecule has 2 aromatic rings. The van der Waals surface area contributed by atoms with Gasteiger partial charge in [0.1, 0.15) is 5.75 Å². The Kier molecular flexibility index (Phi) is 3.72. The smallest absolute Gasteiger partial charge is 0.144 e. The minimum Gasteiger partial charge on any atom is -0.492 e. The third kappa shape index (κ3) is 2.56. The van der Waals surface area contributed by atoms with Crippen molar-refractivity contribution in [3.63, 3.8) is 0 Å². The van der Waals surface area contributed by atoms with E-state index in [1.807, 2.05) is 38.2 Å². The van der Waals surface area contributed by atoms with Crippen LogP contribution >= 0.6 is 0 Å². The van der Waals surface area contributed by atoms with Crippen LogP contribution in [0, 0.1) is 6.92 Å². The molecule has 5 nitrogen and oxygen atoms in total. The molecule has 0 aliphatic heterocycles. The topological polar surface area (TPSA) is 76.0 Å². The lowest BCUT2D eigenvalue weighted by Crippen LogP contribution is -2.04. The Morgan fingerprint density at radius 1 is 1.44 bits per heavy atom. The lowest BCUT2D eigenvalue weighted by atomic mass is 10.2. The van der Waals surface area contributed by atoms with E-state index in [2.05, 4.69) is 15.5 Å². The van der Waals surface area contributed by atoms with Gasteiger partial charge in [0, 0.05) is 17.8 Å². The van der Waals surface area contributed by atoms with E-state index in [0.29, 0.717) is 24.6 Å². The second-order valence-corrected chi connectivity index (χ2v) is 4.02. The van der Waals surface area contributed by atoms with Gasteiger partial charge in [-0.3, -0.25) is 5.10 Å². The first kappa shape index (κ1) is 12.3. The van der Waals surface area contributed by atoms with E-state index in [1.54, 1.807) is 0 Å². The number of aryl methyl sites for hydroxylation is 1. The number of nitrogens with one attached hydrogen (secondary N) is 2. The summed E-state index contributed by atoms with van der Waals surface area (Å²) < 4.78 is 5.45. The van der Waals surface area contributed by atoms with Crippen LogP contribution < -0.4 is 15.8 Å². The fourth-order valence-corrected chi connectivity index (χ4v) is 1.72. The number of anilines is 2. The number of hydrogen-bond donors (Lipinski definition) is 3. The summed E-state index contributed by atoms with van der Waals surface area (Å²) in [5.74, 6) is 0.714. The maximum Gasteiger partial charge on any atom is 0.144 e. The van der Waals surface area contributed by atoms with Crippen LogP contribution in [-0.4, -0.2) is 16.8 Å². The van der Waals surface area contributed by atoms with Crippen LogP contribution in [0.1, 0.15) is 18.2 Å². The number of H-pyrrole nitrogens is 1. The third-order valence-electron chi connectivity index (χ3n) is 2.77. The SMILES string of the molecule is CCOc1cccc(NCc2cn[nH]c2C)c1N. The maximum atomic E-state index is 6.04. The fraction of sp³-hybridized carbons (Fsp3) is 0.308. The summed E-state index contributed by atoms with van der Waals surface area (Å²) in [5, 5.41) is 10.2. The Morgan fingerprint density at radius 2 is 2.28 bits per heavy atom. The van der Waals surface area contributed by atoms with Gasteiger partial charge in [-0.2, -0.15) is 5.10 Å². The van der Waals surface area contributed by atoms with E-state index in [9.17, 15) is 0 Å². The summed E-state index contributed by atoms with van der Waals surface area (Å²) >= 11 is 0. The van der Waals surface area contributed by atoms with Crippen molar-refractivity contribution in [3.05, 3.63) is 35.7 Å². The molecule has 1 heterocycles. The van der Waals surface area contributed by atoms with Gasteiger partial charge in [0.15, 0.2) is 0 Å². The number of nitrogens with zero attached hydrogens (tertiary/aromatic N) is 1. The zero-order chi connectivity index (χ0) is 13.0. The summed E-state index contributed by atoms with van der Waals surface area (Å²) in [6.07, 6.45) is 1.81. The highest BCUT2D eigenvalue weighted by atomic mass is 16.5. The molecule has 0 radical (unpaired) electrons. The first-order valence-corrected chi connectivity index (χ1v) is 5.96. The van der Waals surface area contributed by atoms with Crippen molar-refractivity contribution < 1.29 is 4.74 Å². The molecule has 18 heavy (non-hydrogen) atoms. The predicted octanol–water partition coefficient (Wildman–Crippen LogP) is 2.31. The van der Waals surface area contributed by atoms with E-state index < -0.39 is 0 Å². The average molecular weight is 246 g/mol. The Labute approximate surface area is 106 Å². The molecule has 0 bridgehead atoms. The minimum atomic E-state index is 0.606. The maximum absolute atomic E-state index is 6.04. The minimum absolute atomic E-state index is 0.606. The van der Waals surface area contributed by atoms with Crippen LogP contribution in [0.4, 0.5) is 11.4 Å². The van der Waals surface area contributed by atoms with Gasteiger partial charge in [-0.05, 0) is 26.0 Å². The Hall–Kier alpha value is -2.17. The standard InChI is InChI=1S/C13H18N4O/c1-3-18-12-6-4-5-11(13(12)14)15-7-10-8-16-17-9(10)2/h4-6,8,15H,3,7,14H2,1-2H3,(H,16,17). The normalized spacial score (nSPS) is 10.3. The average Bonchev–Trinajstić information content (AvgIpc) is 2.76. The number of para-hydroxylation sites is 1. The van der Waals surface area contributed by atoms with Crippen molar-refractivity contribution in [1.29, 1.82) is 0 Å². The molecule has 1 aromatic carbocycles. The van der Waals surface area contributed by atoms with Gasteiger partial charge in [0.2, 0.25) is 0 Å². The highest BCUT2D eigenvalue weighted by Crippen LogP contribution is 2.29. The van der Waals surface area contributed by atoms with E-state index >= 15 is 0 Å². The van der Waals surface area contributed by atoms with Gasteiger partial charge in [-0.15, -0.1) is 0 Å². The molecule has 1 aromatic heterocycles. The Morgan fingerprint density at radius 3 is 2.94 bits per heavy atom. The van der Waals surface area contributed by atoms with E-state index in [0.717, 1.165) is 16.9 Å². The summed E-state index contributed by atoms with van der Waals surface area (Å²) in [5.41, 5.74) is 9.73. The molecule has 5 heteroatoms. The van der Waals surface area contributed by atoms with E-state index in [-0.39, 0.29) is 0 Å². The lowest BCUT2D eigenvalue weighted by Gasteiger charge is -2.12. The van der Waals surface area contributed by atoms with Crippen LogP contribution in [0.5, 0.6) is 5.75 Å². The highest BCUT2D eigenvalue weighted by Gasteiger charge is 2.06. The van der Waals surface area contributed by atoms with Crippen LogP contribution in [0.3, 0.4) is 0 Å². The quantitative estimate of drug-likeness (QED) is 0.708. The fourth-order valence-electron chi connectivity index (χ4n) is 1.72. The Bertz CT molecular complexity index is 521. The van der Waals surface area contributed by atoms with Crippen LogP contribution in [0.15, 0.2) is 24.4 Å². The van der Waals surface area contributed by atoms with Gasteiger partial charge < -0.3 is 15.8 Å². The molecule has 0 aliphatic rings. The van der Waals surface area contributed by atoms with Crippen molar-refractivity contribution in [1.82, 2.24) is 10.2 Å². The molecular formula is C13H18N4O. The van der Waals surface area contributed by atoms with Crippen molar-refractivity contribution in [2.75, 3.05) is 17.7 Å². The monoisotopic (exact) mass is 246 g/mol. The molecule has 0 saturated heterocycles. The first-order chi connectivity index (χ1) is 8.72. The number of ether oxygens (including phenoxy) is 1. The third-order valence-corrected chi connectivity index (χ3v) is 2.77. The summed E-state index contributed by atoms with van der Waals surface area (Å²) in [4.78, 5) is 0. The molecule has 4 N–H and O–H groups in total. The number of aromatic amines is 1. The van der Waals surface area contributed by atoms with E-state index in [4.69, 9.17) is 10.5 Å². The van der Waals surface area contributed by atoms with Gasteiger partial charge in [-0.1, -0.05) is 6.07 Å². The van der Waals surface area contributed by atoms with Crippen LogP contribution in [0.25, 0.3) is 0 Å². The number of benzene rings is 1.